The van der Waals surface area contributed by atoms with Crippen molar-refractivity contribution in [1.82, 2.24) is 9.97 Å². The molecule has 0 bridgehead atoms. The monoisotopic (exact) mass is 312 g/mol. The number of halogens is 1. The van der Waals surface area contributed by atoms with Crippen molar-refractivity contribution in [2.24, 2.45) is 0 Å². The van der Waals surface area contributed by atoms with Gasteiger partial charge in [-0.05, 0) is 49.0 Å². The molecule has 1 N–H and O–H groups in total. The minimum Gasteiger partial charge on any atom is -0.354 e. The molecule has 0 radical (unpaired) electrons. The number of nitrogens with zero attached hydrogens (tertiary/aromatic N) is 3. The Morgan fingerprint density at radius 2 is 2.22 bits per heavy atom. The van der Waals surface area contributed by atoms with E-state index >= 15 is 0 Å². The van der Waals surface area contributed by atoms with E-state index in [-0.39, 0.29) is 0 Å². The van der Waals surface area contributed by atoms with Gasteiger partial charge in [0.15, 0.2) is 0 Å². The lowest BCUT2D eigenvalue weighted by Gasteiger charge is -2.30. The molecule has 4 nitrogen and oxygen atoms in total. The Labute approximate surface area is 117 Å². The fourth-order valence-electron chi connectivity index (χ4n) is 2.64. The lowest BCUT2D eigenvalue weighted by Crippen LogP contribution is -2.35. The van der Waals surface area contributed by atoms with Gasteiger partial charge in [-0.1, -0.05) is 6.92 Å². The van der Waals surface area contributed by atoms with Gasteiger partial charge in [-0.15, -0.1) is 0 Å². The van der Waals surface area contributed by atoms with E-state index in [9.17, 15) is 0 Å². The molecule has 1 aromatic heterocycles. The van der Waals surface area contributed by atoms with Gasteiger partial charge < -0.3 is 10.2 Å². The molecule has 0 aromatic carbocycles. The number of hydrogen-bond acceptors (Lipinski definition) is 4. The van der Waals surface area contributed by atoms with Crippen LogP contribution in [0.25, 0.3) is 0 Å². The number of anilines is 2. The van der Waals surface area contributed by atoms with Gasteiger partial charge in [0.25, 0.3) is 0 Å². The van der Waals surface area contributed by atoms with Crippen molar-refractivity contribution in [2.45, 2.75) is 52.1 Å². The van der Waals surface area contributed by atoms with Gasteiger partial charge in [0.2, 0.25) is 5.95 Å². The van der Waals surface area contributed by atoms with Crippen molar-refractivity contribution < 1.29 is 0 Å². The van der Waals surface area contributed by atoms with Gasteiger partial charge in [-0.25, -0.2) is 4.98 Å². The van der Waals surface area contributed by atoms with Crippen molar-refractivity contribution in [1.29, 1.82) is 0 Å². The van der Waals surface area contributed by atoms with Crippen LogP contribution in [-0.2, 0) is 0 Å². The van der Waals surface area contributed by atoms with Crippen LogP contribution in [0.5, 0.6) is 0 Å². The molecule has 2 heterocycles. The quantitative estimate of drug-likeness (QED) is 0.924. The van der Waals surface area contributed by atoms with E-state index < -0.39 is 0 Å². The summed E-state index contributed by atoms with van der Waals surface area (Å²) < 4.78 is 0.983. The topological polar surface area (TPSA) is 41.1 Å². The van der Waals surface area contributed by atoms with Gasteiger partial charge in [0.1, 0.15) is 5.82 Å². The van der Waals surface area contributed by atoms with Gasteiger partial charge in [-0.3, -0.25) is 0 Å². The number of rotatable bonds is 4. The van der Waals surface area contributed by atoms with E-state index in [0.717, 1.165) is 23.3 Å². The highest BCUT2D eigenvalue weighted by atomic mass is 79.9. The first-order chi connectivity index (χ1) is 8.67. The zero-order chi connectivity index (χ0) is 13.1. The van der Waals surface area contributed by atoms with E-state index in [0.29, 0.717) is 18.0 Å². The van der Waals surface area contributed by atoms with Crippen LogP contribution in [0.4, 0.5) is 11.8 Å². The normalized spacial score (nSPS) is 23.4. The van der Waals surface area contributed by atoms with E-state index in [1.54, 1.807) is 0 Å². The van der Waals surface area contributed by atoms with Crippen LogP contribution in [0.3, 0.4) is 0 Å². The molecule has 1 aliphatic rings. The average molecular weight is 313 g/mol. The molecule has 0 saturated carbocycles. The van der Waals surface area contributed by atoms with E-state index in [1.807, 2.05) is 6.20 Å². The fraction of sp³-hybridized carbons (Fsp3) is 0.692. The fourth-order valence-corrected chi connectivity index (χ4v) is 3.03. The summed E-state index contributed by atoms with van der Waals surface area (Å²) in [4.78, 5) is 11.4. The van der Waals surface area contributed by atoms with Crippen LogP contribution in [0, 0.1) is 0 Å². The number of nitrogens with one attached hydrogen (secondary N) is 1. The second-order valence-electron chi connectivity index (χ2n) is 4.79. The maximum Gasteiger partial charge on any atom is 0.224 e. The van der Waals surface area contributed by atoms with Crippen molar-refractivity contribution in [3.05, 3.63) is 10.7 Å². The Balaban J connectivity index is 2.33. The number of hydrogen-bond donors (Lipinski definition) is 1. The summed E-state index contributed by atoms with van der Waals surface area (Å²) in [5, 5.41) is 3.18. The second kappa shape index (κ2) is 5.87. The molecule has 1 aromatic rings. The summed E-state index contributed by atoms with van der Waals surface area (Å²) in [5.74, 6) is 1.74. The Morgan fingerprint density at radius 1 is 1.44 bits per heavy atom. The van der Waals surface area contributed by atoms with E-state index in [2.05, 4.69) is 56.9 Å². The van der Waals surface area contributed by atoms with Gasteiger partial charge in [0.05, 0.1) is 4.47 Å². The van der Waals surface area contributed by atoms with Crippen LogP contribution in [0.1, 0.15) is 40.0 Å². The van der Waals surface area contributed by atoms with Crippen LogP contribution >= 0.6 is 15.9 Å². The summed E-state index contributed by atoms with van der Waals surface area (Å²) in [6.07, 6.45) is 5.51. The van der Waals surface area contributed by atoms with Gasteiger partial charge in [0, 0.05) is 24.8 Å². The lowest BCUT2D eigenvalue weighted by molar-refractivity contribution is 0.619. The number of aromatic nitrogens is 2. The lowest BCUT2D eigenvalue weighted by atomic mass is 10.1. The van der Waals surface area contributed by atoms with Gasteiger partial charge in [-0.2, -0.15) is 4.98 Å². The molecular formula is C13H21BrN4. The summed E-state index contributed by atoms with van der Waals surface area (Å²) in [6.45, 7) is 7.42. The zero-order valence-electron chi connectivity index (χ0n) is 11.3. The van der Waals surface area contributed by atoms with E-state index in [4.69, 9.17) is 0 Å². The smallest absolute Gasteiger partial charge is 0.224 e. The van der Waals surface area contributed by atoms with Crippen LogP contribution in [0.15, 0.2) is 10.7 Å². The molecule has 1 saturated heterocycles. The maximum absolute atomic E-state index is 4.65. The molecule has 1 aliphatic heterocycles. The first kappa shape index (κ1) is 13.6. The third-order valence-corrected chi connectivity index (χ3v) is 4.12. The molecule has 2 rings (SSSR count). The molecule has 0 spiro atoms. The van der Waals surface area contributed by atoms with E-state index in [1.165, 1.54) is 12.8 Å². The molecule has 2 atom stereocenters. The molecule has 18 heavy (non-hydrogen) atoms. The highest BCUT2D eigenvalue weighted by Crippen LogP contribution is 2.35. The van der Waals surface area contributed by atoms with Crippen molar-refractivity contribution in [3.8, 4) is 0 Å². The van der Waals surface area contributed by atoms with Crippen LogP contribution in [0.2, 0.25) is 0 Å². The molecule has 2 unspecified atom stereocenters. The minimum atomic E-state index is 0.552. The molecular weight excluding hydrogens is 292 g/mol. The molecule has 0 aliphatic carbocycles. The third-order valence-electron chi connectivity index (χ3n) is 3.56. The Morgan fingerprint density at radius 3 is 2.89 bits per heavy atom. The second-order valence-corrected chi connectivity index (χ2v) is 5.65. The largest absolute Gasteiger partial charge is 0.354 e. The average Bonchev–Trinajstić information content (AvgIpc) is 2.73. The summed E-state index contributed by atoms with van der Waals surface area (Å²) in [5.41, 5.74) is 0. The zero-order valence-corrected chi connectivity index (χ0v) is 12.9. The summed E-state index contributed by atoms with van der Waals surface area (Å²) >= 11 is 3.58. The molecule has 100 valence electrons. The minimum absolute atomic E-state index is 0.552. The van der Waals surface area contributed by atoms with Crippen molar-refractivity contribution in [2.75, 3.05) is 16.8 Å². The predicted molar refractivity (Wildman–Crippen MR) is 79.1 cm³/mol. The van der Waals surface area contributed by atoms with Crippen LogP contribution in [-0.4, -0.2) is 28.6 Å². The molecule has 5 heteroatoms. The van der Waals surface area contributed by atoms with Crippen molar-refractivity contribution in [3.63, 3.8) is 0 Å². The SMILES string of the molecule is CCNc1ncc(Br)c(N2C(C)CCC2CC)n1. The van der Waals surface area contributed by atoms with Crippen molar-refractivity contribution >= 4 is 27.7 Å². The van der Waals surface area contributed by atoms with Gasteiger partial charge >= 0.3 is 0 Å². The summed E-state index contributed by atoms with van der Waals surface area (Å²) in [7, 11) is 0. The highest BCUT2D eigenvalue weighted by Gasteiger charge is 2.31. The summed E-state index contributed by atoms with van der Waals surface area (Å²) in [6, 6.07) is 1.15. The third kappa shape index (κ3) is 2.60. The molecule has 0 amide bonds. The first-order valence-corrected chi connectivity index (χ1v) is 7.51. The standard InChI is InChI=1S/C13H21BrN4/c1-4-10-7-6-9(3)18(10)12-11(14)8-16-13(17-12)15-5-2/h8-10H,4-7H2,1-3H3,(H,15,16,17). The Hall–Kier alpha value is -0.840. The highest BCUT2D eigenvalue weighted by molar-refractivity contribution is 9.10. The Bertz CT molecular complexity index is 410. The molecule has 1 fully saturated rings. The Kier molecular flexibility index (Phi) is 4.43. The first-order valence-electron chi connectivity index (χ1n) is 6.72. The maximum atomic E-state index is 4.65. The van der Waals surface area contributed by atoms with Crippen LogP contribution < -0.4 is 10.2 Å². The predicted octanol–water partition coefficient (Wildman–Crippen LogP) is 3.44.